The Balaban J connectivity index is 1.25. The van der Waals surface area contributed by atoms with E-state index in [9.17, 15) is 13.2 Å². The maximum Gasteiger partial charge on any atom is 0.243 e. The molecule has 2 aromatic carbocycles. The average Bonchev–Trinajstić information content (AvgIpc) is 3.53. The maximum atomic E-state index is 12.7. The first-order valence-electron chi connectivity index (χ1n) is 11.2. The van der Waals surface area contributed by atoms with Gasteiger partial charge in [-0.15, -0.1) is 0 Å². The average molecular weight is 500 g/mol. The second-order valence-corrected chi connectivity index (χ2v) is 11.1. The number of carbonyl (C=O) groups is 1. The first-order valence-corrected chi connectivity index (χ1v) is 13.6. The quantitative estimate of drug-likeness (QED) is 0.490. The Morgan fingerprint density at radius 2 is 1.79 bits per heavy atom. The number of rotatable bonds is 7. The fourth-order valence-electron chi connectivity index (χ4n) is 4.09. The van der Waals surface area contributed by atoms with Crippen LogP contribution in [-0.4, -0.2) is 49.2 Å². The summed E-state index contributed by atoms with van der Waals surface area (Å²) in [4.78, 5) is 17.6. The molecule has 2 aliphatic heterocycles. The van der Waals surface area contributed by atoms with E-state index in [1.807, 2.05) is 12.1 Å². The predicted octanol–water partition coefficient (Wildman–Crippen LogP) is 4.04. The minimum absolute atomic E-state index is 0.184. The molecule has 0 spiro atoms. The largest absolute Gasteiger partial charge is 0.454 e. The van der Waals surface area contributed by atoms with E-state index in [2.05, 4.69) is 18.3 Å². The molecule has 1 saturated heterocycles. The number of aromatic nitrogens is 1. The SMILES string of the molecule is CCc1cc2cc3c(cc2nc1SCC(=O)Nc1ccc(S(=O)(=O)N2CCCC2)cc1)OCO3. The Hall–Kier alpha value is -2.82. The molecule has 0 bridgehead atoms. The molecular weight excluding hydrogens is 474 g/mol. The van der Waals surface area contributed by atoms with Crippen LogP contribution in [0, 0.1) is 0 Å². The molecule has 5 rings (SSSR count). The van der Waals surface area contributed by atoms with Crippen LogP contribution in [0.5, 0.6) is 11.5 Å². The molecule has 178 valence electrons. The van der Waals surface area contributed by atoms with Crippen LogP contribution in [0.4, 0.5) is 5.69 Å². The summed E-state index contributed by atoms with van der Waals surface area (Å²) in [6.07, 6.45) is 2.57. The zero-order chi connectivity index (χ0) is 23.7. The summed E-state index contributed by atoms with van der Waals surface area (Å²) in [5.74, 6) is 1.39. The van der Waals surface area contributed by atoms with Crippen molar-refractivity contribution >= 4 is 44.3 Å². The highest BCUT2D eigenvalue weighted by Gasteiger charge is 2.27. The highest BCUT2D eigenvalue weighted by Crippen LogP contribution is 2.37. The highest BCUT2D eigenvalue weighted by atomic mass is 32.2. The second-order valence-electron chi connectivity index (χ2n) is 8.18. The molecule has 1 aromatic heterocycles. The lowest BCUT2D eigenvalue weighted by Gasteiger charge is -2.15. The zero-order valence-corrected chi connectivity index (χ0v) is 20.4. The summed E-state index contributed by atoms with van der Waals surface area (Å²) >= 11 is 1.37. The molecule has 0 radical (unpaired) electrons. The number of fused-ring (bicyclic) bond motifs is 2. The Morgan fingerprint density at radius 3 is 2.50 bits per heavy atom. The normalized spacial score (nSPS) is 15.7. The van der Waals surface area contributed by atoms with Gasteiger partial charge in [-0.2, -0.15) is 4.31 Å². The molecule has 34 heavy (non-hydrogen) atoms. The molecule has 0 atom stereocenters. The van der Waals surface area contributed by atoms with Crippen LogP contribution >= 0.6 is 11.8 Å². The van der Waals surface area contributed by atoms with E-state index in [1.54, 1.807) is 24.3 Å². The molecule has 1 N–H and O–H groups in total. The topological polar surface area (TPSA) is 97.8 Å². The number of benzene rings is 2. The number of thioether (sulfide) groups is 1. The molecule has 0 unspecified atom stereocenters. The number of hydrogen-bond donors (Lipinski definition) is 1. The van der Waals surface area contributed by atoms with E-state index in [0.717, 1.165) is 46.5 Å². The van der Waals surface area contributed by atoms with Crippen molar-refractivity contribution in [1.29, 1.82) is 0 Å². The van der Waals surface area contributed by atoms with Crippen LogP contribution in [0.25, 0.3) is 10.9 Å². The van der Waals surface area contributed by atoms with E-state index in [-0.39, 0.29) is 23.3 Å². The fraction of sp³-hybridized carbons (Fsp3) is 0.333. The van der Waals surface area contributed by atoms with Crippen LogP contribution in [-0.2, 0) is 21.2 Å². The van der Waals surface area contributed by atoms with E-state index in [4.69, 9.17) is 14.5 Å². The van der Waals surface area contributed by atoms with Gasteiger partial charge in [0.25, 0.3) is 0 Å². The minimum Gasteiger partial charge on any atom is -0.454 e. The van der Waals surface area contributed by atoms with Gasteiger partial charge in [-0.25, -0.2) is 13.4 Å². The molecule has 1 fully saturated rings. The molecule has 8 nitrogen and oxygen atoms in total. The van der Waals surface area contributed by atoms with E-state index < -0.39 is 10.0 Å². The summed E-state index contributed by atoms with van der Waals surface area (Å²) in [5, 5.41) is 4.61. The fourth-order valence-corrected chi connectivity index (χ4v) is 6.50. The van der Waals surface area contributed by atoms with Gasteiger partial charge in [0.15, 0.2) is 11.5 Å². The second kappa shape index (κ2) is 9.44. The summed E-state index contributed by atoms with van der Waals surface area (Å²) < 4.78 is 37.7. The number of carbonyl (C=O) groups excluding carboxylic acids is 1. The Morgan fingerprint density at radius 1 is 1.09 bits per heavy atom. The monoisotopic (exact) mass is 499 g/mol. The lowest BCUT2D eigenvalue weighted by molar-refractivity contribution is -0.113. The number of sulfonamides is 1. The molecule has 3 heterocycles. The lowest BCUT2D eigenvalue weighted by Crippen LogP contribution is -2.27. The van der Waals surface area contributed by atoms with Gasteiger partial charge in [-0.05, 0) is 61.2 Å². The van der Waals surface area contributed by atoms with Crippen molar-refractivity contribution < 1.29 is 22.7 Å². The van der Waals surface area contributed by atoms with Crippen LogP contribution in [0.15, 0.2) is 52.4 Å². The number of ether oxygens (including phenoxy) is 2. The van der Waals surface area contributed by atoms with Crippen molar-refractivity contribution in [3.63, 3.8) is 0 Å². The summed E-state index contributed by atoms with van der Waals surface area (Å²) in [6.45, 7) is 3.38. The van der Waals surface area contributed by atoms with E-state index in [0.29, 0.717) is 24.5 Å². The van der Waals surface area contributed by atoms with Gasteiger partial charge < -0.3 is 14.8 Å². The summed E-state index contributed by atoms with van der Waals surface area (Å²) in [7, 11) is -3.47. The third-order valence-corrected chi connectivity index (χ3v) is 8.86. The lowest BCUT2D eigenvalue weighted by atomic mass is 10.1. The van der Waals surface area contributed by atoms with Crippen molar-refractivity contribution in [3.8, 4) is 11.5 Å². The van der Waals surface area contributed by atoms with Gasteiger partial charge in [-0.1, -0.05) is 18.7 Å². The van der Waals surface area contributed by atoms with Crippen LogP contribution in [0.2, 0.25) is 0 Å². The number of hydrogen-bond acceptors (Lipinski definition) is 7. The number of anilines is 1. The van der Waals surface area contributed by atoms with Gasteiger partial charge in [0.2, 0.25) is 22.7 Å². The van der Waals surface area contributed by atoms with Crippen LogP contribution in [0.3, 0.4) is 0 Å². The third kappa shape index (κ3) is 4.57. The van der Waals surface area contributed by atoms with Crippen molar-refractivity contribution in [1.82, 2.24) is 9.29 Å². The van der Waals surface area contributed by atoms with Crippen LogP contribution in [0.1, 0.15) is 25.3 Å². The number of nitrogens with zero attached hydrogens (tertiary/aromatic N) is 2. The van der Waals surface area contributed by atoms with Crippen molar-refractivity contribution in [3.05, 3.63) is 48.0 Å². The van der Waals surface area contributed by atoms with E-state index in [1.165, 1.54) is 16.1 Å². The smallest absolute Gasteiger partial charge is 0.243 e. The Bertz CT molecular complexity index is 1340. The number of pyridine rings is 1. The number of nitrogens with one attached hydrogen (secondary N) is 1. The molecule has 0 aliphatic carbocycles. The minimum atomic E-state index is -3.47. The number of aryl methyl sites for hydroxylation is 1. The Labute approximate surface area is 202 Å². The first kappa shape index (κ1) is 22.9. The first-order chi connectivity index (χ1) is 16.4. The summed E-state index contributed by atoms with van der Waals surface area (Å²) in [5.41, 5.74) is 2.40. The number of amides is 1. The van der Waals surface area contributed by atoms with Crippen LogP contribution < -0.4 is 14.8 Å². The van der Waals surface area contributed by atoms with Gasteiger partial charge in [-0.3, -0.25) is 4.79 Å². The molecule has 0 saturated carbocycles. The van der Waals surface area contributed by atoms with Crippen molar-refractivity contribution in [2.45, 2.75) is 36.1 Å². The molecule has 10 heteroatoms. The predicted molar refractivity (Wildman–Crippen MR) is 131 cm³/mol. The van der Waals surface area contributed by atoms with Gasteiger partial charge >= 0.3 is 0 Å². The van der Waals surface area contributed by atoms with E-state index >= 15 is 0 Å². The van der Waals surface area contributed by atoms with Crippen molar-refractivity contribution in [2.75, 3.05) is 31.0 Å². The van der Waals surface area contributed by atoms with Gasteiger partial charge in [0, 0.05) is 30.2 Å². The van der Waals surface area contributed by atoms with Gasteiger partial charge in [0.05, 0.1) is 16.2 Å². The molecule has 2 aliphatic rings. The molecular formula is C24H25N3O5S2. The maximum absolute atomic E-state index is 12.7. The van der Waals surface area contributed by atoms with Crippen molar-refractivity contribution in [2.24, 2.45) is 0 Å². The van der Waals surface area contributed by atoms with Gasteiger partial charge in [0.1, 0.15) is 5.03 Å². The summed E-state index contributed by atoms with van der Waals surface area (Å²) in [6, 6.07) is 12.2. The molecule has 3 aromatic rings. The highest BCUT2D eigenvalue weighted by molar-refractivity contribution is 8.00. The molecule has 1 amide bonds. The standard InChI is InChI=1S/C24H25N3O5S2/c1-2-16-11-17-12-21-22(32-15-31-21)13-20(17)26-24(16)33-14-23(28)25-18-5-7-19(8-6-18)34(29,30)27-9-3-4-10-27/h5-8,11-13H,2-4,9-10,14-15H2,1H3,(H,25,28). The zero-order valence-electron chi connectivity index (χ0n) is 18.7. The Kier molecular flexibility index (Phi) is 6.37. The third-order valence-electron chi connectivity index (χ3n) is 5.91.